The van der Waals surface area contributed by atoms with Gasteiger partial charge in [-0.15, -0.1) is 11.3 Å². The van der Waals surface area contributed by atoms with Gasteiger partial charge < -0.3 is 10.1 Å². The van der Waals surface area contributed by atoms with Crippen LogP contribution in [0.25, 0.3) is 10.2 Å². The van der Waals surface area contributed by atoms with Crippen LogP contribution >= 0.6 is 11.3 Å². The van der Waals surface area contributed by atoms with Gasteiger partial charge in [0.25, 0.3) is 0 Å². The van der Waals surface area contributed by atoms with Crippen LogP contribution in [0.1, 0.15) is 10.7 Å². The highest BCUT2D eigenvalue weighted by atomic mass is 32.1. The zero-order valence-corrected chi connectivity index (χ0v) is 11.2. The Morgan fingerprint density at radius 3 is 2.68 bits per heavy atom. The molecule has 104 valence electrons. The van der Waals surface area contributed by atoms with Crippen LogP contribution in [0.2, 0.25) is 0 Å². The lowest BCUT2D eigenvalue weighted by Gasteiger charge is -2.03. The Hall–Kier alpha value is -1.41. The van der Waals surface area contributed by atoms with Gasteiger partial charge in [-0.25, -0.2) is 9.97 Å². The molecule has 2 aromatic rings. The van der Waals surface area contributed by atoms with Crippen molar-refractivity contribution in [2.75, 3.05) is 19.5 Å². The molecular formula is C11H12F3N3OS. The Morgan fingerprint density at radius 1 is 1.37 bits per heavy atom. The van der Waals surface area contributed by atoms with Crippen molar-refractivity contribution in [3.05, 3.63) is 16.8 Å². The molecule has 0 saturated carbocycles. The highest BCUT2D eigenvalue weighted by molar-refractivity contribution is 7.18. The fourth-order valence-electron chi connectivity index (χ4n) is 1.68. The number of anilines is 1. The number of thiophene rings is 1. The van der Waals surface area contributed by atoms with Crippen LogP contribution in [0, 0.1) is 0 Å². The monoisotopic (exact) mass is 291 g/mol. The average molecular weight is 291 g/mol. The number of nitrogens with zero attached hydrogens (tertiary/aromatic N) is 2. The second-order valence-corrected chi connectivity index (χ2v) is 5.01. The smallest absolute Gasteiger partial charge is 0.377 e. The number of hydrogen-bond acceptors (Lipinski definition) is 5. The molecule has 19 heavy (non-hydrogen) atoms. The Kier molecular flexibility index (Phi) is 3.91. The van der Waals surface area contributed by atoms with Gasteiger partial charge in [-0.1, -0.05) is 0 Å². The molecule has 0 saturated heterocycles. The van der Waals surface area contributed by atoms with Crippen molar-refractivity contribution >= 4 is 27.4 Å². The van der Waals surface area contributed by atoms with Crippen LogP contribution in [0.5, 0.6) is 0 Å². The van der Waals surface area contributed by atoms with Crippen molar-refractivity contribution in [2.45, 2.75) is 19.2 Å². The molecule has 2 rings (SSSR count). The number of hydrogen-bond donors (Lipinski definition) is 1. The largest absolute Gasteiger partial charge is 0.393 e. The first kappa shape index (κ1) is 14.0. The molecule has 0 spiro atoms. The Balaban J connectivity index is 2.45. The minimum absolute atomic E-state index is 0.219. The number of alkyl halides is 3. The van der Waals surface area contributed by atoms with Crippen molar-refractivity contribution in [3.8, 4) is 0 Å². The quantitative estimate of drug-likeness (QED) is 0.940. The summed E-state index contributed by atoms with van der Waals surface area (Å²) in [5, 5.41) is 3.47. The van der Waals surface area contributed by atoms with Crippen molar-refractivity contribution in [1.29, 1.82) is 0 Å². The molecule has 0 atom stereocenters. The van der Waals surface area contributed by atoms with Crippen LogP contribution in [0.3, 0.4) is 0 Å². The molecule has 0 fully saturated rings. The maximum absolute atomic E-state index is 12.4. The van der Waals surface area contributed by atoms with E-state index in [0.717, 1.165) is 11.3 Å². The van der Waals surface area contributed by atoms with Gasteiger partial charge in [0.1, 0.15) is 17.3 Å². The number of aromatic nitrogens is 2. The molecular weight excluding hydrogens is 279 g/mol. The lowest BCUT2D eigenvalue weighted by Crippen LogP contribution is -2.09. The summed E-state index contributed by atoms with van der Waals surface area (Å²) in [7, 11) is 3.18. The van der Waals surface area contributed by atoms with E-state index in [1.165, 1.54) is 13.2 Å². The fourth-order valence-corrected chi connectivity index (χ4v) is 2.76. The van der Waals surface area contributed by atoms with Crippen molar-refractivity contribution in [1.82, 2.24) is 9.97 Å². The third-order valence-electron chi connectivity index (χ3n) is 2.38. The summed E-state index contributed by atoms with van der Waals surface area (Å²) in [6.07, 6.45) is -5.17. The molecule has 2 aromatic heterocycles. The maximum Gasteiger partial charge on any atom is 0.393 e. The predicted molar refractivity (Wildman–Crippen MR) is 67.4 cm³/mol. The van der Waals surface area contributed by atoms with Crippen molar-refractivity contribution in [3.63, 3.8) is 0 Å². The van der Waals surface area contributed by atoms with Gasteiger partial charge in [0.15, 0.2) is 5.82 Å². The molecule has 4 nitrogen and oxygen atoms in total. The van der Waals surface area contributed by atoms with E-state index in [2.05, 4.69) is 15.3 Å². The number of ether oxygens (including phenoxy) is 1. The van der Waals surface area contributed by atoms with Gasteiger partial charge in [0, 0.05) is 19.0 Å². The summed E-state index contributed by atoms with van der Waals surface area (Å²) < 4.78 is 42.1. The van der Waals surface area contributed by atoms with Crippen LogP contribution in [-0.2, 0) is 17.8 Å². The first-order chi connectivity index (χ1) is 8.93. The minimum Gasteiger partial charge on any atom is -0.377 e. The molecule has 1 N–H and O–H groups in total. The minimum atomic E-state index is -4.22. The first-order valence-electron chi connectivity index (χ1n) is 5.45. The number of fused-ring (bicyclic) bond motifs is 1. The third kappa shape index (κ3) is 3.32. The first-order valence-corrected chi connectivity index (χ1v) is 6.27. The molecule has 2 heterocycles. The Morgan fingerprint density at radius 2 is 2.11 bits per heavy atom. The number of methoxy groups -OCH3 is 1. The summed E-state index contributed by atoms with van der Waals surface area (Å²) in [6, 6.07) is 1.48. The number of halogens is 3. The second kappa shape index (κ2) is 5.30. The molecule has 0 bridgehead atoms. The van der Waals surface area contributed by atoms with E-state index < -0.39 is 12.6 Å². The van der Waals surface area contributed by atoms with Crippen LogP contribution in [0.4, 0.5) is 19.0 Å². The number of rotatable bonds is 4. The van der Waals surface area contributed by atoms with Crippen molar-refractivity contribution in [2.24, 2.45) is 0 Å². The third-order valence-corrected chi connectivity index (χ3v) is 3.40. The molecule has 0 aromatic carbocycles. The molecule has 0 aliphatic heterocycles. The van der Waals surface area contributed by atoms with E-state index >= 15 is 0 Å². The van der Waals surface area contributed by atoms with Crippen molar-refractivity contribution < 1.29 is 17.9 Å². The fraction of sp³-hybridized carbons (Fsp3) is 0.455. The van der Waals surface area contributed by atoms with Crippen LogP contribution < -0.4 is 5.32 Å². The zero-order chi connectivity index (χ0) is 14.0. The van der Waals surface area contributed by atoms with Gasteiger partial charge in [-0.05, 0) is 6.07 Å². The zero-order valence-electron chi connectivity index (χ0n) is 10.3. The van der Waals surface area contributed by atoms with E-state index in [9.17, 15) is 13.2 Å². The van der Waals surface area contributed by atoms with Gasteiger partial charge in [-0.3, -0.25) is 0 Å². The SMILES string of the molecule is CNc1nc(COC)nc2sc(CC(F)(F)F)cc12. The van der Waals surface area contributed by atoms with E-state index in [1.807, 2.05) is 0 Å². The van der Waals surface area contributed by atoms with E-state index in [1.54, 1.807) is 7.05 Å². The lowest BCUT2D eigenvalue weighted by molar-refractivity contribution is -0.126. The summed E-state index contributed by atoms with van der Waals surface area (Å²) in [6.45, 7) is 0.219. The second-order valence-electron chi connectivity index (χ2n) is 3.89. The molecule has 0 aliphatic rings. The van der Waals surface area contributed by atoms with Gasteiger partial charge in [0.05, 0.1) is 11.8 Å². The normalized spacial score (nSPS) is 12.1. The predicted octanol–water partition coefficient (Wildman–Crippen LogP) is 2.98. The van der Waals surface area contributed by atoms with E-state index in [0.29, 0.717) is 21.9 Å². The molecule has 0 radical (unpaired) electrons. The van der Waals surface area contributed by atoms with Gasteiger partial charge >= 0.3 is 6.18 Å². The lowest BCUT2D eigenvalue weighted by atomic mass is 10.3. The standard InChI is InChI=1S/C11H12F3N3OS/c1-15-9-7-3-6(4-11(12,13)14)19-10(7)17-8(16-9)5-18-2/h3H,4-5H2,1-2H3,(H,15,16,17). The van der Waals surface area contributed by atoms with Gasteiger partial charge in [0.2, 0.25) is 0 Å². The summed E-state index contributed by atoms with van der Waals surface area (Å²) in [4.78, 5) is 9.15. The topological polar surface area (TPSA) is 47.0 Å². The van der Waals surface area contributed by atoms with Crippen LogP contribution in [0.15, 0.2) is 6.07 Å². The van der Waals surface area contributed by atoms with Crippen LogP contribution in [-0.4, -0.2) is 30.3 Å². The van der Waals surface area contributed by atoms with Gasteiger partial charge in [-0.2, -0.15) is 13.2 Å². The average Bonchev–Trinajstić information content (AvgIpc) is 2.67. The molecule has 8 heteroatoms. The molecule has 0 amide bonds. The summed E-state index contributed by atoms with van der Waals surface area (Å²) in [5.74, 6) is 0.960. The van der Waals surface area contributed by atoms with E-state index in [-0.39, 0.29) is 11.5 Å². The summed E-state index contributed by atoms with van der Waals surface area (Å²) in [5.41, 5.74) is 0. The van der Waals surface area contributed by atoms with E-state index in [4.69, 9.17) is 4.74 Å². The molecule has 0 aliphatic carbocycles. The maximum atomic E-state index is 12.4. The highest BCUT2D eigenvalue weighted by Crippen LogP contribution is 2.32. The molecule has 0 unspecified atom stereocenters. The highest BCUT2D eigenvalue weighted by Gasteiger charge is 2.29. The number of nitrogens with one attached hydrogen (secondary N) is 1. The Bertz CT molecular complexity index is 582. The Labute approximate surface area is 111 Å². The summed E-state index contributed by atoms with van der Waals surface area (Å²) >= 11 is 1.03.